The minimum Gasteiger partial charge on any atom is -0.376 e. The van der Waals surface area contributed by atoms with E-state index in [0.717, 1.165) is 19.6 Å². The summed E-state index contributed by atoms with van der Waals surface area (Å²) < 4.78 is 0. The Morgan fingerprint density at radius 2 is 2.12 bits per heavy atom. The molecule has 1 N–H and O–H groups in total. The van der Waals surface area contributed by atoms with Crippen LogP contribution in [0.5, 0.6) is 0 Å². The summed E-state index contributed by atoms with van der Waals surface area (Å²) in [6.45, 7) is 5.52. The van der Waals surface area contributed by atoms with Gasteiger partial charge in [0.05, 0.1) is 11.4 Å². The SMILES string of the molecule is CCNC1CCN(c2ccccc2N(C)C)C1. The summed E-state index contributed by atoms with van der Waals surface area (Å²) in [6.07, 6.45) is 1.25. The van der Waals surface area contributed by atoms with Gasteiger partial charge in [0.2, 0.25) is 0 Å². The van der Waals surface area contributed by atoms with Crippen LogP contribution in [0.15, 0.2) is 24.3 Å². The summed E-state index contributed by atoms with van der Waals surface area (Å²) in [4.78, 5) is 4.68. The molecule has 0 spiro atoms. The van der Waals surface area contributed by atoms with Crippen LogP contribution in [0.2, 0.25) is 0 Å². The van der Waals surface area contributed by atoms with E-state index >= 15 is 0 Å². The van der Waals surface area contributed by atoms with E-state index in [0.29, 0.717) is 6.04 Å². The van der Waals surface area contributed by atoms with Crippen molar-refractivity contribution in [2.75, 3.05) is 43.5 Å². The Hall–Kier alpha value is -1.22. The molecule has 1 atom stereocenters. The number of rotatable bonds is 4. The molecule has 17 heavy (non-hydrogen) atoms. The highest BCUT2D eigenvalue weighted by Gasteiger charge is 2.23. The monoisotopic (exact) mass is 233 g/mol. The second-order valence-electron chi connectivity index (χ2n) is 4.87. The number of benzene rings is 1. The molecule has 94 valence electrons. The molecule has 0 bridgehead atoms. The summed E-state index contributed by atoms with van der Waals surface area (Å²) in [7, 11) is 4.22. The van der Waals surface area contributed by atoms with Crippen molar-refractivity contribution in [3.8, 4) is 0 Å². The summed E-state index contributed by atoms with van der Waals surface area (Å²) in [6, 6.07) is 9.30. The molecule has 0 saturated carbocycles. The predicted molar refractivity (Wildman–Crippen MR) is 75.1 cm³/mol. The molecule has 1 unspecified atom stereocenters. The van der Waals surface area contributed by atoms with Crippen molar-refractivity contribution < 1.29 is 0 Å². The summed E-state index contributed by atoms with van der Waals surface area (Å²) in [5.74, 6) is 0. The van der Waals surface area contributed by atoms with Gasteiger partial charge in [-0.2, -0.15) is 0 Å². The second-order valence-corrected chi connectivity index (χ2v) is 4.87. The van der Waals surface area contributed by atoms with Crippen molar-refractivity contribution in [3.05, 3.63) is 24.3 Å². The average molecular weight is 233 g/mol. The fourth-order valence-corrected chi connectivity index (χ4v) is 2.54. The number of anilines is 2. The van der Waals surface area contributed by atoms with E-state index in [4.69, 9.17) is 0 Å². The molecule has 0 aliphatic carbocycles. The number of nitrogens with zero attached hydrogens (tertiary/aromatic N) is 2. The van der Waals surface area contributed by atoms with Crippen molar-refractivity contribution in [1.82, 2.24) is 5.32 Å². The molecule has 1 aliphatic heterocycles. The van der Waals surface area contributed by atoms with Gasteiger partial charge in [-0.25, -0.2) is 0 Å². The van der Waals surface area contributed by atoms with E-state index in [1.54, 1.807) is 0 Å². The zero-order valence-electron chi connectivity index (χ0n) is 11.1. The normalized spacial score (nSPS) is 19.7. The van der Waals surface area contributed by atoms with Crippen molar-refractivity contribution in [3.63, 3.8) is 0 Å². The van der Waals surface area contributed by atoms with E-state index in [9.17, 15) is 0 Å². The minimum atomic E-state index is 0.648. The third-order valence-corrected chi connectivity index (χ3v) is 3.39. The van der Waals surface area contributed by atoms with E-state index in [1.165, 1.54) is 17.8 Å². The van der Waals surface area contributed by atoms with Crippen LogP contribution < -0.4 is 15.1 Å². The Bertz CT molecular complexity index is 362. The maximum Gasteiger partial charge on any atom is 0.0604 e. The van der Waals surface area contributed by atoms with Crippen LogP contribution in [0.25, 0.3) is 0 Å². The molecule has 1 fully saturated rings. The van der Waals surface area contributed by atoms with Gasteiger partial charge in [0.15, 0.2) is 0 Å². The smallest absolute Gasteiger partial charge is 0.0604 e. The van der Waals surface area contributed by atoms with E-state index in [2.05, 4.69) is 60.4 Å². The first-order valence-corrected chi connectivity index (χ1v) is 6.47. The average Bonchev–Trinajstić information content (AvgIpc) is 2.78. The lowest BCUT2D eigenvalue weighted by Crippen LogP contribution is -2.32. The van der Waals surface area contributed by atoms with Crippen LogP contribution in [-0.2, 0) is 0 Å². The number of hydrogen-bond acceptors (Lipinski definition) is 3. The van der Waals surface area contributed by atoms with Crippen molar-refractivity contribution in [2.24, 2.45) is 0 Å². The lowest BCUT2D eigenvalue weighted by Gasteiger charge is -2.25. The molecule has 0 amide bonds. The van der Waals surface area contributed by atoms with Gasteiger partial charge in [-0.15, -0.1) is 0 Å². The largest absolute Gasteiger partial charge is 0.376 e. The van der Waals surface area contributed by atoms with Gasteiger partial charge >= 0.3 is 0 Å². The first-order chi connectivity index (χ1) is 8.22. The quantitative estimate of drug-likeness (QED) is 0.857. The highest BCUT2D eigenvalue weighted by Crippen LogP contribution is 2.30. The molecular formula is C14H23N3. The van der Waals surface area contributed by atoms with Crippen LogP contribution >= 0.6 is 0 Å². The molecule has 3 nitrogen and oxygen atoms in total. The number of hydrogen-bond donors (Lipinski definition) is 1. The third kappa shape index (κ3) is 2.72. The van der Waals surface area contributed by atoms with Gasteiger partial charge in [-0.05, 0) is 25.1 Å². The Labute approximate surface area is 104 Å². The molecular weight excluding hydrogens is 210 g/mol. The highest BCUT2D eigenvalue weighted by atomic mass is 15.2. The molecule has 1 heterocycles. The first-order valence-electron chi connectivity index (χ1n) is 6.47. The molecule has 1 aromatic rings. The molecule has 0 aromatic heterocycles. The number of nitrogens with one attached hydrogen (secondary N) is 1. The van der Waals surface area contributed by atoms with E-state index in [1.807, 2.05) is 0 Å². The van der Waals surface area contributed by atoms with Gasteiger partial charge in [-0.3, -0.25) is 0 Å². The molecule has 3 heteroatoms. The highest BCUT2D eigenvalue weighted by molar-refractivity contribution is 5.71. The Balaban J connectivity index is 2.13. The van der Waals surface area contributed by atoms with Crippen LogP contribution in [-0.4, -0.2) is 39.8 Å². The van der Waals surface area contributed by atoms with Crippen LogP contribution in [0.4, 0.5) is 11.4 Å². The summed E-state index contributed by atoms with van der Waals surface area (Å²) in [5.41, 5.74) is 2.67. The summed E-state index contributed by atoms with van der Waals surface area (Å²) in [5, 5.41) is 3.54. The Kier molecular flexibility index (Phi) is 3.89. The van der Waals surface area contributed by atoms with Gasteiger partial charge < -0.3 is 15.1 Å². The Morgan fingerprint density at radius 3 is 2.82 bits per heavy atom. The minimum absolute atomic E-state index is 0.648. The van der Waals surface area contributed by atoms with Gasteiger partial charge in [0.1, 0.15) is 0 Å². The van der Waals surface area contributed by atoms with Crippen molar-refractivity contribution in [1.29, 1.82) is 0 Å². The zero-order valence-corrected chi connectivity index (χ0v) is 11.1. The van der Waals surface area contributed by atoms with Gasteiger partial charge in [0, 0.05) is 33.2 Å². The summed E-state index contributed by atoms with van der Waals surface area (Å²) >= 11 is 0. The van der Waals surface area contributed by atoms with Gasteiger partial charge in [-0.1, -0.05) is 19.1 Å². The Morgan fingerprint density at radius 1 is 1.35 bits per heavy atom. The molecule has 0 radical (unpaired) electrons. The number of likely N-dealkylation sites (N-methyl/N-ethyl adjacent to an activating group) is 1. The van der Waals surface area contributed by atoms with Crippen LogP contribution in [0.1, 0.15) is 13.3 Å². The van der Waals surface area contributed by atoms with Crippen molar-refractivity contribution in [2.45, 2.75) is 19.4 Å². The fourth-order valence-electron chi connectivity index (χ4n) is 2.54. The molecule has 1 aromatic carbocycles. The van der Waals surface area contributed by atoms with Crippen LogP contribution in [0.3, 0.4) is 0 Å². The van der Waals surface area contributed by atoms with Crippen molar-refractivity contribution >= 4 is 11.4 Å². The second kappa shape index (κ2) is 5.41. The van der Waals surface area contributed by atoms with E-state index in [-0.39, 0.29) is 0 Å². The zero-order chi connectivity index (χ0) is 12.3. The lowest BCUT2D eigenvalue weighted by atomic mass is 10.2. The van der Waals surface area contributed by atoms with E-state index < -0.39 is 0 Å². The molecule has 2 rings (SSSR count). The fraction of sp³-hybridized carbons (Fsp3) is 0.571. The lowest BCUT2D eigenvalue weighted by molar-refractivity contribution is 0.572. The third-order valence-electron chi connectivity index (χ3n) is 3.39. The molecule has 1 aliphatic rings. The first kappa shape index (κ1) is 12.2. The maximum absolute atomic E-state index is 3.54. The molecule has 1 saturated heterocycles. The maximum atomic E-state index is 3.54. The van der Waals surface area contributed by atoms with Crippen LogP contribution in [0, 0.1) is 0 Å². The topological polar surface area (TPSA) is 18.5 Å². The predicted octanol–water partition coefficient (Wildman–Crippen LogP) is 1.94. The standard InChI is InChI=1S/C14H23N3/c1-4-15-12-9-10-17(11-12)14-8-6-5-7-13(14)16(2)3/h5-8,12,15H,4,9-11H2,1-3H3. The van der Waals surface area contributed by atoms with Gasteiger partial charge in [0.25, 0.3) is 0 Å². The number of para-hydroxylation sites is 2.